The van der Waals surface area contributed by atoms with E-state index in [-0.39, 0.29) is 22.9 Å². The Balaban J connectivity index is 1.50. The van der Waals surface area contributed by atoms with Gasteiger partial charge in [0.2, 0.25) is 5.82 Å². The number of carbonyl (C=O) groups is 1. The molecule has 1 heterocycles. The van der Waals surface area contributed by atoms with Crippen LogP contribution in [0.15, 0.2) is 42.5 Å². The molecule has 0 radical (unpaired) electrons. The number of halogens is 4. The molecule has 34 heavy (non-hydrogen) atoms. The van der Waals surface area contributed by atoms with Crippen molar-refractivity contribution < 1.29 is 18.0 Å². The van der Waals surface area contributed by atoms with E-state index in [1.807, 2.05) is 24.3 Å². The van der Waals surface area contributed by atoms with Crippen molar-refractivity contribution in [2.45, 2.75) is 63.2 Å². The molecule has 1 amide bonds. The van der Waals surface area contributed by atoms with Crippen molar-refractivity contribution in [3.05, 3.63) is 64.4 Å². The van der Waals surface area contributed by atoms with Crippen LogP contribution in [0.2, 0.25) is 5.02 Å². The third-order valence-corrected chi connectivity index (χ3v) is 7.06. The number of rotatable bonds is 5. The molecule has 0 bridgehead atoms. The predicted molar refractivity (Wildman–Crippen MR) is 127 cm³/mol. The molecular formula is C25H28ClF3N4O. The topological polar surface area (TPSA) is 72.9 Å². The van der Waals surface area contributed by atoms with Crippen LogP contribution in [0.3, 0.4) is 0 Å². The van der Waals surface area contributed by atoms with Gasteiger partial charge in [-0.1, -0.05) is 23.7 Å². The van der Waals surface area contributed by atoms with Crippen LogP contribution in [0.25, 0.3) is 11.0 Å². The standard InChI is InChI=1S/C25H28ClF3N4O/c1-15(2)33-21-7-6-16(12-20(21)32-23(33)25(27,28)29)22(34)31-19-8-10-24(14-30,11-9-19)17-4-3-5-18(26)13-17/h3-7,12-13,15,19H,8-11,14,30H2,1-2H3,(H,31,34)/t19-,24-. The fraction of sp³-hybridized carbons (Fsp3) is 0.440. The summed E-state index contributed by atoms with van der Waals surface area (Å²) in [6.07, 6.45) is -1.47. The molecule has 1 aromatic heterocycles. The average molecular weight is 493 g/mol. The molecule has 182 valence electrons. The van der Waals surface area contributed by atoms with Gasteiger partial charge in [0.1, 0.15) is 0 Å². The molecule has 1 fully saturated rings. The fourth-order valence-electron chi connectivity index (χ4n) is 4.98. The van der Waals surface area contributed by atoms with E-state index in [1.165, 1.54) is 12.1 Å². The molecule has 0 saturated heterocycles. The third-order valence-electron chi connectivity index (χ3n) is 6.83. The molecule has 1 saturated carbocycles. The van der Waals surface area contributed by atoms with E-state index in [4.69, 9.17) is 17.3 Å². The van der Waals surface area contributed by atoms with Crippen LogP contribution in [0, 0.1) is 0 Å². The number of benzene rings is 2. The summed E-state index contributed by atoms with van der Waals surface area (Å²) in [5, 5.41) is 3.71. The van der Waals surface area contributed by atoms with Crippen LogP contribution in [0.4, 0.5) is 13.2 Å². The van der Waals surface area contributed by atoms with E-state index in [2.05, 4.69) is 10.3 Å². The lowest BCUT2D eigenvalue weighted by molar-refractivity contribution is -0.147. The molecule has 5 nitrogen and oxygen atoms in total. The van der Waals surface area contributed by atoms with E-state index in [0.717, 1.165) is 35.8 Å². The maximum absolute atomic E-state index is 13.5. The lowest BCUT2D eigenvalue weighted by atomic mass is 9.68. The minimum Gasteiger partial charge on any atom is -0.349 e. The summed E-state index contributed by atoms with van der Waals surface area (Å²) in [7, 11) is 0. The SMILES string of the molecule is CC(C)n1c(C(F)(F)F)nc2cc(C(=O)N[C@H]3CC[C@](CN)(c4cccc(Cl)c4)CC3)ccc21. The molecule has 4 rings (SSSR count). The second kappa shape index (κ2) is 9.23. The first kappa shape index (κ1) is 24.5. The molecule has 3 N–H and O–H groups in total. The van der Waals surface area contributed by atoms with Crippen molar-refractivity contribution in [2.75, 3.05) is 6.54 Å². The maximum atomic E-state index is 13.5. The van der Waals surface area contributed by atoms with Crippen molar-refractivity contribution >= 4 is 28.5 Å². The Morgan fingerprint density at radius 2 is 1.94 bits per heavy atom. The van der Waals surface area contributed by atoms with Crippen molar-refractivity contribution in [3.8, 4) is 0 Å². The first-order valence-corrected chi connectivity index (χ1v) is 11.8. The highest BCUT2D eigenvalue weighted by Crippen LogP contribution is 2.40. The summed E-state index contributed by atoms with van der Waals surface area (Å²) in [5.41, 5.74) is 7.89. The number of hydrogen-bond donors (Lipinski definition) is 2. The van der Waals surface area contributed by atoms with E-state index in [9.17, 15) is 18.0 Å². The monoisotopic (exact) mass is 492 g/mol. The number of aromatic nitrogens is 2. The zero-order valence-corrected chi connectivity index (χ0v) is 19.9. The molecule has 0 aliphatic heterocycles. The Bertz CT molecular complexity index is 1200. The van der Waals surface area contributed by atoms with Gasteiger partial charge in [-0.25, -0.2) is 4.98 Å². The first-order chi connectivity index (χ1) is 16.0. The third kappa shape index (κ3) is 4.66. The lowest BCUT2D eigenvalue weighted by Gasteiger charge is -2.40. The molecule has 2 aromatic carbocycles. The summed E-state index contributed by atoms with van der Waals surface area (Å²) in [4.78, 5) is 16.7. The Morgan fingerprint density at radius 3 is 2.53 bits per heavy atom. The van der Waals surface area contributed by atoms with Crippen LogP contribution in [0.1, 0.15) is 67.3 Å². The summed E-state index contributed by atoms with van der Waals surface area (Å²) >= 11 is 6.18. The number of alkyl halides is 3. The Kier molecular flexibility index (Phi) is 6.66. The van der Waals surface area contributed by atoms with Gasteiger partial charge in [0.25, 0.3) is 5.91 Å². The van der Waals surface area contributed by atoms with Gasteiger partial charge >= 0.3 is 6.18 Å². The van der Waals surface area contributed by atoms with Crippen LogP contribution >= 0.6 is 11.6 Å². The molecule has 1 aliphatic rings. The number of carbonyl (C=O) groups excluding carboxylic acids is 1. The molecule has 3 aromatic rings. The zero-order valence-electron chi connectivity index (χ0n) is 19.1. The highest BCUT2D eigenvalue weighted by molar-refractivity contribution is 6.30. The second-order valence-electron chi connectivity index (χ2n) is 9.34. The van der Waals surface area contributed by atoms with Crippen molar-refractivity contribution in [1.29, 1.82) is 0 Å². The number of nitrogens with zero attached hydrogens (tertiary/aromatic N) is 2. The normalized spacial score (nSPS) is 21.2. The quantitative estimate of drug-likeness (QED) is 0.468. The van der Waals surface area contributed by atoms with Crippen LogP contribution in [0.5, 0.6) is 0 Å². The number of nitrogens with one attached hydrogen (secondary N) is 1. The smallest absolute Gasteiger partial charge is 0.349 e. The van der Waals surface area contributed by atoms with Gasteiger partial charge in [-0.15, -0.1) is 0 Å². The summed E-state index contributed by atoms with van der Waals surface area (Å²) in [5.74, 6) is -1.27. The van der Waals surface area contributed by atoms with Crippen molar-refractivity contribution in [3.63, 3.8) is 0 Å². The van der Waals surface area contributed by atoms with Gasteiger partial charge in [-0.2, -0.15) is 13.2 Å². The van der Waals surface area contributed by atoms with E-state index in [0.29, 0.717) is 22.6 Å². The van der Waals surface area contributed by atoms with Gasteiger partial charge in [-0.3, -0.25) is 4.79 Å². The number of fused-ring (bicyclic) bond motifs is 1. The van der Waals surface area contributed by atoms with Gasteiger partial charge < -0.3 is 15.6 Å². The first-order valence-electron chi connectivity index (χ1n) is 11.4. The highest BCUT2D eigenvalue weighted by atomic mass is 35.5. The summed E-state index contributed by atoms with van der Waals surface area (Å²) in [6, 6.07) is 11.8. The Morgan fingerprint density at radius 1 is 1.24 bits per heavy atom. The molecule has 1 aliphatic carbocycles. The van der Waals surface area contributed by atoms with Crippen molar-refractivity contribution in [1.82, 2.24) is 14.9 Å². The number of nitrogens with two attached hydrogens (primary N) is 1. The van der Waals surface area contributed by atoms with Gasteiger partial charge in [0, 0.05) is 34.6 Å². The highest BCUT2D eigenvalue weighted by Gasteiger charge is 2.39. The van der Waals surface area contributed by atoms with E-state index in [1.54, 1.807) is 19.9 Å². The van der Waals surface area contributed by atoms with Gasteiger partial charge in [0.05, 0.1) is 11.0 Å². The summed E-state index contributed by atoms with van der Waals surface area (Å²) < 4.78 is 41.6. The number of hydrogen-bond acceptors (Lipinski definition) is 3. The fourth-order valence-corrected chi connectivity index (χ4v) is 5.17. The zero-order chi connectivity index (χ0) is 24.7. The van der Waals surface area contributed by atoms with Gasteiger partial charge in [0.15, 0.2) is 0 Å². The Labute approximate surface area is 201 Å². The van der Waals surface area contributed by atoms with Crippen LogP contribution in [-0.2, 0) is 11.6 Å². The average Bonchev–Trinajstić information content (AvgIpc) is 3.19. The number of imidazole rings is 1. The number of amides is 1. The molecule has 0 spiro atoms. The lowest BCUT2D eigenvalue weighted by Crippen LogP contribution is -2.45. The van der Waals surface area contributed by atoms with Gasteiger partial charge in [-0.05, 0) is 75.4 Å². The molecular weight excluding hydrogens is 465 g/mol. The Hall–Kier alpha value is -2.58. The molecule has 0 atom stereocenters. The van der Waals surface area contributed by atoms with E-state index < -0.39 is 18.0 Å². The largest absolute Gasteiger partial charge is 0.449 e. The molecule has 9 heteroatoms. The van der Waals surface area contributed by atoms with Crippen molar-refractivity contribution in [2.24, 2.45) is 5.73 Å². The second-order valence-corrected chi connectivity index (χ2v) is 9.78. The predicted octanol–water partition coefficient (Wildman–Crippen LogP) is 5.86. The summed E-state index contributed by atoms with van der Waals surface area (Å²) in [6.45, 7) is 3.83. The minimum atomic E-state index is -4.58. The minimum absolute atomic E-state index is 0.0407. The molecule has 0 unspecified atom stereocenters. The van der Waals surface area contributed by atoms with Crippen LogP contribution in [-0.4, -0.2) is 28.0 Å². The maximum Gasteiger partial charge on any atom is 0.449 e. The van der Waals surface area contributed by atoms with E-state index >= 15 is 0 Å². The van der Waals surface area contributed by atoms with Crippen LogP contribution < -0.4 is 11.1 Å².